The Morgan fingerprint density at radius 2 is 1.92 bits per heavy atom. The Labute approximate surface area is 82.0 Å². The van der Waals surface area contributed by atoms with Crippen LogP contribution in [0.1, 0.15) is 33.6 Å². The van der Waals surface area contributed by atoms with Crippen LogP contribution in [-0.4, -0.2) is 0 Å². The molecule has 0 heteroatoms. The van der Waals surface area contributed by atoms with Crippen molar-refractivity contribution in [3.8, 4) is 0 Å². The van der Waals surface area contributed by atoms with Crippen molar-refractivity contribution in [2.45, 2.75) is 33.6 Å². The summed E-state index contributed by atoms with van der Waals surface area (Å²) in [5.74, 6) is 0.603. The predicted molar refractivity (Wildman–Crippen MR) is 59.6 cm³/mol. The molecular formula is C13H20. The number of allylic oxidation sites excluding steroid dienone is 4. The van der Waals surface area contributed by atoms with E-state index < -0.39 is 0 Å². The van der Waals surface area contributed by atoms with E-state index in [1.165, 1.54) is 17.6 Å². The highest BCUT2D eigenvalue weighted by Crippen LogP contribution is 2.43. The first-order chi connectivity index (χ1) is 6.03. The lowest BCUT2D eigenvalue weighted by Crippen LogP contribution is -2.27. The monoisotopic (exact) mass is 176 g/mol. The zero-order valence-corrected chi connectivity index (χ0v) is 9.06. The second-order valence-corrected chi connectivity index (χ2v) is 4.60. The van der Waals surface area contributed by atoms with Crippen molar-refractivity contribution in [2.24, 2.45) is 11.3 Å². The van der Waals surface area contributed by atoms with Crippen molar-refractivity contribution in [1.82, 2.24) is 0 Å². The lowest BCUT2D eigenvalue weighted by molar-refractivity contribution is 0.232. The SMILES string of the molecule is C=CC1=C(C=C)C(C)C(C)(C)CC1. The summed E-state index contributed by atoms with van der Waals surface area (Å²) in [5, 5.41) is 0. The Balaban J connectivity index is 3.09. The minimum absolute atomic E-state index is 0.413. The maximum Gasteiger partial charge on any atom is -0.0136 e. The molecule has 1 unspecified atom stereocenters. The molecular weight excluding hydrogens is 156 g/mol. The molecule has 0 heterocycles. The van der Waals surface area contributed by atoms with Crippen LogP contribution < -0.4 is 0 Å². The van der Waals surface area contributed by atoms with E-state index in [2.05, 4.69) is 33.9 Å². The van der Waals surface area contributed by atoms with E-state index >= 15 is 0 Å². The Morgan fingerprint density at radius 3 is 2.38 bits per heavy atom. The van der Waals surface area contributed by atoms with Crippen LogP contribution in [0.3, 0.4) is 0 Å². The summed E-state index contributed by atoms with van der Waals surface area (Å²) >= 11 is 0. The molecule has 1 atom stereocenters. The average molecular weight is 176 g/mol. The summed E-state index contributed by atoms with van der Waals surface area (Å²) in [4.78, 5) is 0. The second kappa shape index (κ2) is 3.53. The molecule has 72 valence electrons. The van der Waals surface area contributed by atoms with Crippen molar-refractivity contribution in [2.75, 3.05) is 0 Å². The van der Waals surface area contributed by atoms with Crippen LogP contribution in [-0.2, 0) is 0 Å². The van der Waals surface area contributed by atoms with Gasteiger partial charge in [-0.15, -0.1) is 0 Å². The van der Waals surface area contributed by atoms with Gasteiger partial charge >= 0.3 is 0 Å². The Morgan fingerprint density at radius 1 is 1.31 bits per heavy atom. The van der Waals surface area contributed by atoms with Crippen LogP contribution in [0.15, 0.2) is 36.5 Å². The van der Waals surface area contributed by atoms with Crippen LogP contribution in [0.2, 0.25) is 0 Å². The van der Waals surface area contributed by atoms with Crippen molar-refractivity contribution < 1.29 is 0 Å². The molecule has 1 aliphatic rings. The lowest BCUT2D eigenvalue weighted by Gasteiger charge is -2.38. The fourth-order valence-electron chi connectivity index (χ4n) is 2.04. The van der Waals surface area contributed by atoms with Crippen LogP contribution >= 0.6 is 0 Å². The first kappa shape index (κ1) is 10.3. The van der Waals surface area contributed by atoms with Gasteiger partial charge in [0.05, 0.1) is 0 Å². The van der Waals surface area contributed by atoms with E-state index in [0.717, 1.165) is 6.42 Å². The van der Waals surface area contributed by atoms with E-state index in [0.29, 0.717) is 11.3 Å². The lowest BCUT2D eigenvalue weighted by atomic mass is 9.67. The maximum absolute atomic E-state index is 3.89. The van der Waals surface area contributed by atoms with Crippen molar-refractivity contribution in [3.05, 3.63) is 36.5 Å². The van der Waals surface area contributed by atoms with E-state index in [9.17, 15) is 0 Å². The predicted octanol–water partition coefficient (Wildman–Crippen LogP) is 4.11. The molecule has 1 aliphatic carbocycles. The highest BCUT2D eigenvalue weighted by Gasteiger charge is 2.32. The summed E-state index contributed by atoms with van der Waals surface area (Å²) in [6.07, 6.45) is 6.40. The summed E-state index contributed by atoms with van der Waals surface area (Å²) in [6, 6.07) is 0. The number of rotatable bonds is 2. The van der Waals surface area contributed by atoms with Crippen LogP contribution in [0.5, 0.6) is 0 Å². The molecule has 0 aromatic heterocycles. The van der Waals surface area contributed by atoms with E-state index in [1.807, 2.05) is 12.2 Å². The normalized spacial score (nSPS) is 27.2. The molecule has 1 rings (SSSR count). The third kappa shape index (κ3) is 1.77. The summed E-state index contributed by atoms with van der Waals surface area (Å²) in [7, 11) is 0. The molecule has 0 nitrogen and oxygen atoms in total. The third-order valence-electron chi connectivity index (χ3n) is 3.51. The zero-order valence-electron chi connectivity index (χ0n) is 9.06. The molecule has 0 fully saturated rings. The van der Waals surface area contributed by atoms with E-state index in [-0.39, 0.29) is 0 Å². The molecule has 0 bridgehead atoms. The van der Waals surface area contributed by atoms with Gasteiger partial charge in [0.15, 0.2) is 0 Å². The van der Waals surface area contributed by atoms with Gasteiger partial charge in [-0.25, -0.2) is 0 Å². The number of hydrogen-bond donors (Lipinski definition) is 0. The second-order valence-electron chi connectivity index (χ2n) is 4.60. The van der Waals surface area contributed by atoms with Crippen LogP contribution in [0.4, 0.5) is 0 Å². The van der Waals surface area contributed by atoms with Gasteiger partial charge in [-0.1, -0.05) is 46.1 Å². The Bertz CT molecular complexity index is 253. The molecule has 0 aliphatic heterocycles. The molecule has 0 amide bonds. The molecule has 0 N–H and O–H groups in total. The van der Waals surface area contributed by atoms with Gasteiger partial charge in [-0.3, -0.25) is 0 Å². The summed E-state index contributed by atoms with van der Waals surface area (Å²) < 4.78 is 0. The highest BCUT2D eigenvalue weighted by molar-refractivity contribution is 5.36. The minimum atomic E-state index is 0.413. The van der Waals surface area contributed by atoms with Crippen LogP contribution in [0.25, 0.3) is 0 Å². The van der Waals surface area contributed by atoms with Crippen LogP contribution in [0, 0.1) is 11.3 Å². The van der Waals surface area contributed by atoms with Gasteiger partial charge < -0.3 is 0 Å². The van der Waals surface area contributed by atoms with Gasteiger partial charge in [0, 0.05) is 0 Å². The van der Waals surface area contributed by atoms with Gasteiger partial charge in [-0.2, -0.15) is 0 Å². The fourth-order valence-corrected chi connectivity index (χ4v) is 2.04. The quantitative estimate of drug-likeness (QED) is 0.594. The minimum Gasteiger partial charge on any atom is -0.0988 e. The fraction of sp³-hybridized carbons (Fsp3) is 0.538. The standard InChI is InChI=1S/C13H20/c1-6-11-8-9-13(4,5)10(3)12(11)7-2/h6-7,10H,1-2,8-9H2,3-5H3. The van der Waals surface area contributed by atoms with Gasteiger partial charge in [0.2, 0.25) is 0 Å². The van der Waals surface area contributed by atoms with Crippen molar-refractivity contribution in [3.63, 3.8) is 0 Å². The summed E-state index contributed by atoms with van der Waals surface area (Å²) in [5.41, 5.74) is 3.20. The molecule has 13 heavy (non-hydrogen) atoms. The highest BCUT2D eigenvalue weighted by atomic mass is 14.4. The molecule has 0 saturated carbocycles. The first-order valence-electron chi connectivity index (χ1n) is 5.01. The van der Waals surface area contributed by atoms with Crippen molar-refractivity contribution in [1.29, 1.82) is 0 Å². The molecule has 0 aromatic carbocycles. The number of hydrogen-bond acceptors (Lipinski definition) is 0. The molecule has 0 radical (unpaired) electrons. The molecule has 0 saturated heterocycles. The van der Waals surface area contributed by atoms with E-state index in [4.69, 9.17) is 0 Å². The van der Waals surface area contributed by atoms with Crippen molar-refractivity contribution >= 4 is 0 Å². The molecule has 0 spiro atoms. The van der Waals surface area contributed by atoms with Gasteiger partial charge in [0.25, 0.3) is 0 Å². The third-order valence-corrected chi connectivity index (χ3v) is 3.51. The maximum atomic E-state index is 3.89. The topological polar surface area (TPSA) is 0 Å². The molecule has 0 aromatic rings. The van der Waals surface area contributed by atoms with E-state index in [1.54, 1.807) is 0 Å². The Kier molecular flexibility index (Phi) is 2.80. The first-order valence-corrected chi connectivity index (χ1v) is 5.01. The van der Waals surface area contributed by atoms with Gasteiger partial charge in [-0.05, 0) is 35.3 Å². The largest absolute Gasteiger partial charge is 0.0988 e. The Hall–Kier alpha value is -0.780. The average Bonchev–Trinajstić information content (AvgIpc) is 2.09. The smallest absolute Gasteiger partial charge is 0.0136 e. The zero-order chi connectivity index (χ0) is 10.1. The van der Waals surface area contributed by atoms with Gasteiger partial charge in [0.1, 0.15) is 0 Å². The summed E-state index contributed by atoms with van der Waals surface area (Å²) in [6.45, 7) is 14.7.